The van der Waals surface area contributed by atoms with Crippen molar-refractivity contribution in [3.05, 3.63) is 90.0 Å². The molecule has 3 aromatic carbocycles. The Balaban J connectivity index is 0.000000206. The van der Waals surface area contributed by atoms with Crippen LogP contribution in [0.2, 0.25) is 0 Å². The van der Waals surface area contributed by atoms with Crippen molar-refractivity contribution in [2.24, 2.45) is 0 Å². The van der Waals surface area contributed by atoms with Crippen molar-refractivity contribution in [3.8, 4) is 11.5 Å². The number of carbonyl (C=O) groups is 2. The first-order valence-electron chi connectivity index (χ1n) is 12.3. The summed E-state index contributed by atoms with van der Waals surface area (Å²) in [6, 6.07) is 25.6. The molecule has 2 unspecified atom stereocenters. The van der Waals surface area contributed by atoms with E-state index in [1.807, 2.05) is 85.8 Å². The molecule has 0 aliphatic carbocycles. The van der Waals surface area contributed by atoms with Crippen LogP contribution in [0.3, 0.4) is 0 Å². The predicted octanol–water partition coefficient (Wildman–Crippen LogP) is 3.11. The lowest BCUT2D eigenvalue weighted by atomic mass is 10.1. The van der Waals surface area contributed by atoms with Gasteiger partial charge in [-0.05, 0) is 61.4 Å². The number of piperazine rings is 1. The third-order valence-corrected chi connectivity index (χ3v) is 5.94. The van der Waals surface area contributed by atoms with Gasteiger partial charge < -0.3 is 30.1 Å². The minimum Gasteiger partial charge on any atom is -0.457 e. The fourth-order valence-corrected chi connectivity index (χ4v) is 3.91. The Morgan fingerprint density at radius 3 is 2.22 bits per heavy atom. The smallest absolute Gasteiger partial charge is 0.254 e. The molecule has 0 aromatic heterocycles. The summed E-state index contributed by atoms with van der Waals surface area (Å²) in [5.74, 6) is 1.20. The highest BCUT2D eigenvalue weighted by Gasteiger charge is 2.28. The van der Waals surface area contributed by atoms with E-state index in [1.54, 1.807) is 4.90 Å². The standard InChI is InChI=1S/C15H15NO2.C14H20N2O3/c1-12-4-2-6-14(8-12)18-15-7-3-5-13(9-15)10-16-11-17;1-11(17)13(18)14(19)16-9-7-15(8-10-16)12-5-3-2-4-6-12/h2-9,11H,10H2,1H3,(H,16,17);2-6,11,13,17-18H,7-10H2,1H3. The molecule has 8 heteroatoms. The van der Waals surface area contributed by atoms with Gasteiger partial charge in [0.1, 0.15) is 11.5 Å². The van der Waals surface area contributed by atoms with Crippen LogP contribution in [0.5, 0.6) is 11.5 Å². The number of aliphatic hydroxyl groups excluding tert-OH is 2. The number of aryl methyl sites for hydroxylation is 1. The van der Waals surface area contributed by atoms with Crippen LogP contribution in [-0.2, 0) is 16.1 Å². The SMILES string of the molecule is CC(O)C(O)C(=O)N1CCN(c2ccccc2)CC1.Cc1cccc(Oc2cccc(CNC=O)c2)c1. The highest BCUT2D eigenvalue weighted by atomic mass is 16.5. The molecule has 37 heavy (non-hydrogen) atoms. The van der Waals surface area contributed by atoms with Gasteiger partial charge in [0.05, 0.1) is 6.10 Å². The number of nitrogens with one attached hydrogen (secondary N) is 1. The van der Waals surface area contributed by atoms with Crippen molar-refractivity contribution in [1.82, 2.24) is 10.2 Å². The van der Waals surface area contributed by atoms with Crippen molar-refractivity contribution in [2.45, 2.75) is 32.6 Å². The van der Waals surface area contributed by atoms with Gasteiger partial charge in [0.25, 0.3) is 5.91 Å². The number of ether oxygens (including phenoxy) is 1. The second kappa shape index (κ2) is 14.0. The van der Waals surface area contributed by atoms with Gasteiger partial charge in [-0.2, -0.15) is 0 Å². The van der Waals surface area contributed by atoms with Crippen molar-refractivity contribution in [3.63, 3.8) is 0 Å². The number of carbonyl (C=O) groups excluding carboxylic acids is 2. The molecule has 2 atom stereocenters. The van der Waals surface area contributed by atoms with Crippen LogP contribution in [0.25, 0.3) is 0 Å². The molecule has 4 rings (SSSR count). The first-order chi connectivity index (χ1) is 17.9. The lowest BCUT2D eigenvalue weighted by Crippen LogP contribution is -2.53. The average molecular weight is 506 g/mol. The molecule has 2 amide bonds. The maximum Gasteiger partial charge on any atom is 0.254 e. The van der Waals surface area contributed by atoms with E-state index in [0.717, 1.165) is 41.4 Å². The summed E-state index contributed by atoms with van der Waals surface area (Å²) < 4.78 is 5.76. The Labute approximate surface area is 218 Å². The number of anilines is 1. The molecule has 0 radical (unpaired) electrons. The van der Waals surface area contributed by atoms with Crippen LogP contribution in [0.15, 0.2) is 78.9 Å². The average Bonchev–Trinajstić information content (AvgIpc) is 2.92. The molecule has 0 saturated carbocycles. The Hall–Kier alpha value is -3.88. The molecule has 1 aliphatic heterocycles. The van der Waals surface area contributed by atoms with Crippen molar-refractivity contribution < 1.29 is 24.5 Å². The number of benzene rings is 3. The Morgan fingerprint density at radius 1 is 0.946 bits per heavy atom. The fraction of sp³-hybridized carbons (Fsp3) is 0.310. The lowest BCUT2D eigenvalue weighted by Gasteiger charge is -2.37. The zero-order valence-electron chi connectivity index (χ0n) is 21.3. The highest BCUT2D eigenvalue weighted by molar-refractivity contribution is 5.81. The highest BCUT2D eigenvalue weighted by Crippen LogP contribution is 2.23. The van der Waals surface area contributed by atoms with Crippen molar-refractivity contribution >= 4 is 18.0 Å². The number of amides is 2. The summed E-state index contributed by atoms with van der Waals surface area (Å²) in [5, 5.41) is 21.4. The van der Waals surface area contributed by atoms with Crippen LogP contribution >= 0.6 is 0 Å². The molecule has 1 heterocycles. The Morgan fingerprint density at radius 2 is 1.59 bits per heavy atom. The predicted molar refractivity (Wildman–Crippen MR) is 144 cm³/mol. The van der Waals surface area contributed by atoms with Gasteiger partial charge in [0.2, 0.25) is 6.41 Å². The first-order valence-corrected chi connectivity index (χ1v) is 12.3. The Kier molecular flexibility index (Phi) is 10.5. The van der Waals surface area contributed by atoms with E-state index in [9.17, 15) is 19.8 Å². The Bertz CT molecular complexity index is 1130. The van der Waals surface area contributed by atoms with E-state index in [1.165, 1.54) is 6.92 Å². The summed E-state index contributed by atoms with van der Waals surface area (Å²) in [4.78, 5) is 25.9. The number of hydrogen-bond acceptors (Lipinski definition) is 6. The zero-order valence-corrected chi connectivity index (χ0v) is 21.3. The molecule has 1 aliphatic rings. The monoisotopic (exact) mass is 505 g/mol. The largest absolute Gasteiger partial charge is 0.457 e. The van der Waals surface area contributed by atoms with Crippen molar-refractivity contribution in [2.75, 3.05) is 31.1 Å². The zero-order chi connectivity index (χ0) is 26.6. The summed E-state index contributed by atoms with van der Waals surface area (Å²) >= 11 is 0. The van der Waals surface area contributed by atoms with E-state index < -0.39 is 12.2 Å². The topological polar surface area (TPSA) is 102 Å². The number of hydrogen-bond donors (Lipinski definition) is 3. The summed E-state index contributed by atoms with van der Waals surface area (Å²) in [5.41, 5.74) is 3.31. The second-order valence-electron chi connectivity index (χ2n) is 8.90. The molecular weight excluding hydrogens is 470 g/mol. The number of para-hydroxylation sites is 1. The second-order valence-corrected chi connectivity index (χ2v) is 8.90. The van der Waals surface area contributed by atoms with Crippen LogP contribution < -0.4 is 15.0 Å². The van der Waals surface area contributed by atoms with E-state index in [4.69, 9.17) is 4.74 Å². The van der Waals surface area contributed by atoms with Gasteiger partial charge >= 0.3 is 0 Å². The summed E-state index contributed by atoms with van der Waals surface area (Å²) in [6.07, 6.45) is -1.66. The van der Waals surface area contributed by atoms with E-state index in [0.29, 0.717) is 26.0 Å². The third kappa shape index (κ3) is 8.63. The minimum absolute atomic E-state index is 0.386. The minimum atomic E-state index is -1.32. The number of nitrogens with zero attached hydrogens (tertiary/aromatic N) is 2. The number of aliphatic hydroxyl groups is 2. The molecule has 0 bridgehead atoms. The van der Waals surface area contributed by atoms with Crippen LogP contribution in [-0.4, -0.2) is 65.8 Å². The van der Waals surface area contributed by atoms with E-state index >= 15 is 0 Å². The van der Waals surface area contributed by atoms with Gasteiger partial charge in [-0.3, -0.25) is 9.59 Å². The molecule has 1 fully saturated rings. The van der Waals surface area contributed by atoms with Crippen molar-refractivity contribution in [1.29, 1.82) is 0 Å². The normalized spacial score (nSPS) is 14.6. The van der Waals surface area contributed by atoms with Gasteiger partial charge in [0, 0.05) is 38.4 Å². The molecule has 3 N–H and O–H groups in total. The molecule has 0 spiro atoms. The first kappa shape index (κ1) is 27.7. The fourth-order valence-electron chi connectivity index (χ4n) is 3.91. The summed E-state index contributed by atoms with van der Waals surface area (Å²) in [6.45, 7) is 6.56. The van der Waals surface area contributed by atoms with Crippen LogP contribution in [0, 0.1) is 6.92 Å². The summed E-state index contributed by atoms with van der Waals surface area (Å²) in [7, 11) is 0. The third-order valence-electron chi connectivity index (χ3n) is 5.94. The molecule has 8 nitrogen and oxygen atoms in total. The lowest BCUT2D eigenvalue weighted by molar-refractivity contribution is -0.145. The van der Waals surface area contributed by atoms with Gasteiger partial charge in [-0.15, -0.1) is 0 Å². The molecule has 1 saturated heterocycles. The van der Waals surface area contributed by atoms with Crippen LogP contribution in [0.4, 0.5) is 5.69 Å². The van der Waals surface area contributed by atoms with E-state index in [-0.39, 0.29) is 5.91 Å². The maximum atomic E-state index is 11.9. The maximum absolute atomic E-state index is 11.9. The van der Waals surface area contributed by atoms with Crippen LogP contribution in [0.1, 0.15) is 18.1 Å². The number of rotatable bonds is 8. The van der Waals surface area contributed by atoms with Gasteiger partial charge in [-0.1, -0.05) is 42.5 Å². The van der Waals surface area contributed by atoms with E-state index in [2.05, 4.69) is 10.2 Å². The quantitative estimate of drug-likeness (QED) is 0.407. The molecule has 3 aromatic rings. The van der Waals surface area contributed by atoms with Gasteiger partial charge in [0.15, 0.2) is 6.10 Å². The molecule has 196 valence electrons. The van der Waals surface area contributed by atoms with Gasteiger partial charge in [-0.25, -0.2) is 0 Å². The molecular formula is C29H35N3O5.